The van der Waals surface area contributed by atoms with Crippen LogP contribution in [-0.2, 0) is 9.59 Å². The first-order valence-electron chi connectivity index (χ1n) is 7.70. The van der Waals surface area contributed by atoms with Crippen LogP contribution in [0.15, 0.2) is 18.2 Å². The number of amides is 2. The molecule has 0 radical (unpaired) electrons. The highest BCUT2D eigenvalue weighted by Gasteiger charge is 2.31. The first kappa shape index (κ1) is 18.0. The van der Waals surface area contributed by atoms with Gasteiger partial charge in [-0.2, -0.15) is 0 Å². The number of nitrogens with zero attached hydrogens (tertiary/aromatic N) is 1. The predicted octanol–water partition coefficient (Wildman–Crippen LogP) is 2.91. The van der Waals surface area contributed by atoms with E-state index in [0.717, 1.165) is 12.8 Å². The first-order valence-corrected chi connectivity index (χ1v) is 8.46. The number of benzene rings is 1. The van der Waals surface area contributed by atoms with Crippen molar-refractivity contribution in [3.05, 3.63) is 28.2 Å². The maximum Gasteiger partial charge on any atom is 0.244 e. The number of hydrogen-bond acceptors (Lipinski definition) is 3. The lowest BCUT2D eigenvalue weighted by Crippen LogP contribution is -2.41. The van der Waals surface area contributed by atoms with Gasteiger partial charge in [-0.3, -0.25) is 9.59 Å². The van der Waals surface area contributed by atoms with Crippen LogP contribution in [0.2, 0.25) is 10.0 Å². The van der Waals surface area contributed by atoms with Gasteiger partial charge in [-0.15, -0.1) is 0 Å². The Kier molecular flexibility index (Phi) is 6.27. The van der Waals surface area contributed by atoms with Gasteiger partial charge in [0, 0.05) is 18.5 Å². The normalized spacial score (nSPS) is 20.3. The summed E-state index contributed by atoms with van der Waals surface area (Å²) < 4.78 is 0. The lowest BCUT2D eigenvalue weighted by Gasteiger charge is -2.24. The summed E-state index contributed by atoms with van der Waals surface area (Å²) >= 11 is 12.1. The third-order valence-electron chi connectivity index (χ3n) is 4.08. The number of nitrogens with one attached hydrogen (secondary N) is 1. The van der Waals surface area contributed by atoms with Crippen LogP contribution in [0.4, 0.5) is 5.69 Å². The fourth-order valence-corrected chi connectivity index (χ4v) is 3.31. The molecule has 1 saturated carbocycles. The van der Waals surface area contributed by atoms with Gasteiger partial charge in [-0.25, -0.2) is 0 Å². The maximum absolute atomic E-state index is 12.5. The lowest BCUT2D eigenvalue weighted by atomic mass is 10.1. The van der Waals surface area contributed by atoms with Gasteiger partial charge in [0.2, 0.25) is 11.8 Å². The minimum atomic E-state index is -0.322. The van der Waals surface area contributed by atoms with Crippen molar-refractivity contribution in [2.45, 2.75) is 32.2 Å². The molecule has 1 aromatic rings. The molecule has 1 aliphatic carbocycles. The van der Waals surface area contributed by atoms with Crippen molar-refractivity contribution in [3.8, 4) is 0 Å². The highest BCUT2D eigenvalue weighted by atomic mass is 35.5. The van der Waals surface area contributed by atoms with E-state index < -0.39 is 0 Å². The fourth-order valence-electron chi connectivity index (χ4n) is 2.81. The number of anilines is 1. The van der Waals surface area contributed by atoms with E-state index in [1.165, 1.54) is 0 Å². The summed E-state index contributed by atoms with van der Waals surface area (Å²) in [6.07, 6.45) is 2.33. The number of likely N-dealkylation sites (N-methyl/N-ethyl adjacent to an activating group) is 1. The van der Waals surface area contributed by atoms with Crippen LogP contribution in [-0.4, -0.2) is 35.8 Å². The third-order valence-corrected chi connectivity index (χ3v) is 4.71. The fraction of sp³-hybridized carbons (Fsp3) is 0.500. The summed E-state index contributed by atoms with van der Waals surface area (Å²) in [5.41, 5.74) is 6.23. The SMILES string of the molecule is CCN(CC(=O)Nc1c(Cl)cccc1Cl)C(=O)[C@H]1CC[C@H](N)C1. The number of nitrogens with two attached hydrogens (primary N) is 1. The van der Waals surface area contributed by atoms with Crippen molar-refractivity contribution in [2.24, 2.45) is 11.7 Å². The smallest absolute Gasteiger partial charge is 0.244 e. The minimum absolute atomic E-state index is 0.0131. The van der Waals surface area contributed by atoms with Gasteiger partial charge in [0.25, 0.3) is 0 Å². The standard InChI is InChI=1S/C16H21Cl2N3O2/c1-2-21(16(23)10-6-7-11(19)8-10)9-14(22)20-15-12(17)4-3-5-13(15)18/h3-5,10-11H,2,6-9,19H2,1H3,(H,20,22)/t10-,11-/m0/s1. The van der Waals surface area contributed by atoms with Gasteiger partial charge in [-0.05, 0) is 38.3 Å². The van der Waals surface area contributed by atoms with Crippen molar-refractivity contribution < 1.29 is 9.59 Å². The molecule has 2 atom stereocenters. The largest absolute Gasteiger partial charge is 0.333 e. The zero-order chi connectivity index (χ0) is 17.0. The van der Waals surface area contributed by atoms with Gasteiger partial charge in [0.1, 0.15) is 0 Å². The molecule has 2 amide bonds. The van der Waals surface area contributed by atoms with Gasteiger partial charge < -0.3 is 16.0 Å². The molecular weight excluding hydrogens is 337 g/mol. The molecule has 2 rings (SSSR count). The van der Waals surface area contributed by atoms with Gasteiger partial charge in [-0.1, -0.05) is 29.3 Å². The Morgan fingerprint density at radius 1 is 1.30 bits per heavy atom. The number of hydrogen-bond donors (Lipinski definition) is 2. The topological polar surface area (TPSA) is 75.4 Å². The second-order valence-electron chi connectivity index (χ2n) is 5.77. The van der Waals surface area contributed by atoms with Crippen LogP contribution in [0.3, 0.4) is 0 Å². The molecule has 0 unspecified atom stereocenters. The average molecular weight is 358 g/mol. The highest BCUT2D eigenvalue weighted by molar-refractivity contribution is 6.39. The second-order valence-corrected chi connectivity index (χ2v) is 6.58. The first-order chi connectivity index (χ1) is 10.9. The van der Waals surface area contributed by atoms with E-state index in [1.807, 2.05) is 6.92 Å². The summed E-state index contributed by atoms with van der Waals surface area (Å²) in [7, 11) is 0. The molecule has 1 aromatic carbocycles. The Morgan fingerprint density at radius 3 is 2.48 bits per heavy atom. The number of carbonyl (C=O) groups excluding carboxylic acids is 2. The summed E-state index contributed by atoms with van der Waals surface area (Å²) in [5, 5.41) is 3.40. The zero-order valence-electron chi connectivity index (χ0n) is 13.0. The lowest BCUT2D eigenvalue weighted by molar-refractivity contribution is -0.138. The molecule has 0 spiro atoms. The molecule has 0 heterocycles. The maximum atomic E-state index is 12.5. The molecule has 1 fully saturated rings. The number of rotatable bonds is 5. The monoisotopic (exact) mass is 357 g/mol. The quantitative estimate of drug-likeness (QED) is 0.850. The Morgan fingerprint density at radius 2 is 1.96 bits per heavy atom. The molecule has 0 aromatic heterocycles. The predicted molar refractivity (Wildman–Crippen MR) is 92.7 cm³/mol. The number of halogens is 2. The summed E-state index contributed by atoms with van der Waals surface area (Å²) in [6, 6.07) is 5.07. The van der Waals surface area contributed by atoms with Gasteiger partial charge in [0.15, 0.2) is 0 Å². The van der Waals surface area contributed by atoms with Crippen LogP contribution in [0.25, 0.3) is 0 Å². The van der Waals surface area contributed by atoms with E-state index >= 15 is 0 Å². The second kappa shape index (κ2) is 7.99. The average Bonchev–Trinajstić information content (AvgIpc) is 2.94. The van der Waals surface area contributed by atoms with E-state index in [1.54, 1.807) is 23.1 Å². The van der Waals surface area contributed by atoms with Crippen molar-refractivity contribution in [2.75, 3.05) is 18.4 Å². The molecule has 5 nitrogen and oxygen atoms in total. The molecule has 1 aliphatic rings. The summed E-state index contributed by atoms with van der Waals surface area (Å²) in [6.45, 7) is 2.29. The molecule has 0 saturated heterocycles. The summed E-state index contributed by atoms with van der Waals surface area (Å²) in [4.78, 5) is 26.2. The van der Waals surface area contributed by atoms with E-state index in [4.69, 9.17) is 28.9 Å². The van der Waals surface area contributed by atoms with Crippen molar-refractivity contribution >= 4 is 40.7 Å². The Balaban J connectivity index is 1.98. The third kappa shape index (κ3) is 4.59. The molecule has 0 aliphatic heterocycles. The van der Waals surface area contributed by atoms with Gasteiger partial charge >= 0.3 is 0 Å². The number of carbonyl (C=O) groups is 2. The molecule has 7 heteroatoms. The molecule has 3 N–H and O–H groups in total. The van der Waals surface area contributed by atoms with Crippen molar-refractivity contribution in [1.29, 1.82) is 0 Å². The van der Waals surface area contributed by atoms with Crippen molar-refractivity contribution in [1.82, 2.24) is 4.90 Å². The van der Waals surface area contributed by atoms with Crippen LogP contribution < -0.4 is 11.1 Å². The van der Waals surface area contributed by atoms with Crippen molar-refractivity contribution in [3.63, 3.8) is 0 Å². The zero-order valence-corrected chi connectivity index (χ0v) is 14.5. The molecular formula is C16H21Cl2N3O2. The Hall–Kier alpha value is -1.30. The van der Waals surface area contributed by atoms with Crippen LogP contribution in [0.5, 0.6) is 0 Å². The molecule has 0 bridgehead atoms. The van der Waals surface area contributed by atoms with Crippen LogP contribution in [0, 0.1) is 5.92 Å². The van der Waals surface area contributed by atoms with E-state index in [-0.39, 0.29) is 30.3 Å². The van der Waals surface area contributed by atoms with Crippen LogP contribution >= 0.6 is 23.2 Å². The van der Waals surface area contributed by atoms with Gasteiger partial charge in [0.05, 0.1) is 22.3 Å². The minimum Gasteiger partial charge on any atom is -0.333 e. The Labute approximate surface area is 146 Å². The summed E-state index contributed by atoms with van der Waals surface area (Å²) in [5.74, 6) is -0.417. The molecule has 126 valence electrons. The van der Waals surface area contributed by atoms with E-state index in [9.17, 15) is 9.59 Å². The number of para-hydroxylation sites is 1. The van der Waals surface area contributed by atoms with E-state index in [2.05, 4.69) is 5.32 Å². The highest BCUT2D eigenvalue weighted by Crippen LogP contribution is 2.30. The molecule has 23 heavy (non-hydrogen) atoms. The Bertz CT molecular complexity index is 574. The van der Waals surface area contributed by atoms with E-state index in [0.29, 0.717) is 28.7 Å². The van der Waals surface area contributed by atoms with Crippen LogP contribution in [0.1, 0.15) is 26.2 Å².